The molecule has 6 nitrogen and oxygen atoms in total. The van der Waals surface area contributed by atoms with Crippen LogP contribution in [0.1, 0.15) is 22.3 Å². The zero-order chi connectivity index (χ0) is 23.7. The normalized spacial score (nSPS) is 11.2. The Labute approximate surface area is 194 Å². The van der Waals surface area contributed by atoms with E-state index < -0.39 is 15.8 Å². The van der Waals surface area contributed by atoms with Gasteiger partial charge in [-0.05, 0) is 66.9 Å². The Hall–Kier alpha value is -3.23. The number of rotatable bonds is 11. The molecule has 8 heteroatoms. The molecule has 0 saturated carbocycles. The van der Waals surface area contributed by atoms with E-state index in [-0.39, 0.29) is 16.5 Å². The zero-order valence-electron chi connectivity index (χ0n) is 18.4. The summed E-state index contributed by atoms with van der Waals surface area (Å²) in [5.74, 6) is -0.641. The van der Waals surface area contributed by atoms with E-state index in [4.69, 9.17) is 4.74 Å². The van der Waals surface area contributed by atoms with Gasteiger partial charge in [-0.3, -0.25) is 9.52 Å². The smallest absolute Gasteiger partial charge is 0.261 e. The fraction of sp³-hybridized carbons (Fsp3) is 0.240. The molecule has 3 rings (SSSR count). The summed E-state index contributed by atoms with van der Waals surface area (Å²) >= 11 is 0. The molecular weight excluding hydrogens is 443 g/mol. The molecule has 0 saturated heterocycles. The number of benzene rings is 3. The van der Waals surface area contributed by atoms with E-state index in [1.165, 1.54) is 54.1 Å². The van der Waals surface area contributed by atoms with Crippen molar-refractivity contribution in [2.45, 2.75) is 17.7 Å². The highest BCUT2D eigenvalue weighted by Crippen LogP contribution is 2.18. The van der Waals surface area contributed by atoms with Crippen molar-refractivity contribution in [3.8, 4) is 0 Å². The second-order valence-electron chi connectivity index (χ2n) is 7.51. The summed E-state index contributed by atoms with van der Waals surface area (Å²) < 4.78 is 45.8. The number of carbonyl (C=O) groups is 1. The molecule has 0 aliphatic rings. The molecule has 0 atom stereocenters. The largest absolute Gasteiger partial charge is 0.383 e. The minimum Gasteiger partial charge on any atom is -0.383 e. The second kappa shape index (κ2) is 11.6. The van der Waals surface area contributed by atoms with Crippen LogP contribution in [0.25, 0.3) is 0 Å². The maximum absolute atomic E-state index is 13.0. The molecule has 33 heavy (non-hydrogen) atoms. The molecule has 0 aliphatic carbocycles. The van der Waals surface area contributed by atoms with Gasteiger partial charge in [0, 0.05) is 31.5 Å². The van der Waals surface area contributed by atoms with Gasteiger partial charge in [-0.25, -0.2) is 12.8 Å². The third-order valence-electron chi connectivity index (χ3n) is 5.10. The monoisotopic (exact) mass is 470 g/mol. The molecule has 0 radical (unpaired) electrons. The van der Waals surface area contributed by atoms with Gasteiger partial charge in [-0.2, -0.15) is 0 Å². The topological polar surface area (TPSA) is 75.7 Å². The molecule has 3 aromatic carbocycles. The van der Waals surface area contributed by atoms with Crippen molar-refractivity contribution in [1.29, 1.82) is 0 Å². The zero-order valence-corrected chi connectivity index (χ0v) is 19.2. The second-order valence-corrected chi connectivity index (χ2v) is 9.19. The molecule has 0 heterocycles. The Bertz CT molecular complexity index is 1140. The Morgan fingerprint density at radius 2 is 1.61 bits per heavy atom. The van der Waals surface area contributed by atoms with Gasteiger partial charge in [0.2, 0.25) is 0 Å². The highest BCUT2D eigenvalue weighted by molar-refractivity contribution is 7.92. The van der Waals surface area contributed by atoms with Crippen molar-refractivity contribution in [3.63, 3.8) is 0 Å². The van der Waals surface area contributed by atoms with E-state index in [0.717, 1.165) is 12.8 Å². The van der Waals surface area contributed by atoms with Crippen molar-refractivity contribution in [2.24, 2.45) is 0 Å². The molecule has 174 valence electrons. The summed E-state index contributed by atoms with van der Waals surface area (Å²) in [7, 11) is -2.28. The number of aryl methyl sites for hydroxylation is 1. The number of sulfonamides is 1. The first-order valence-electron chi connectivity index (χ1n) is 10.6. The number of halogens is 1. The Balaban J connectivity index is 1.66. The van der Waals surface area contributed by atoms with Crippen LogP contribution in [0.5, 0.6) is 0 Å². The fourth-order valence-electron chi connectivity index (χ4n) is 3.33. The molecule has 3 aromatic rings. The highest BCUT2D eigenvalue weighted by atomic mass is 32.2. The van der Waals surface area contributed by atoms with Gasteiger partial charge < -0.3 is 9.64 Å². The van der Waals surface area contributed by atoms with Crippen LogP contribution in [0.3, 0.4) is 0 Å². The first-order valence-corrected chi connectivity index (χ1v) is 12.1. The van der Waals surface area contributed by atoms with Crippen LogP contribution < -0.4 is 4.72 Å². The average molecular weight is 471 g/mol. The molecule has 0 unspecified atom stereocenters. The minimum absolute atomic E-state index is 0.0101. The van der Waals surface area contributed by atoms with Gasteiger partial charge >= 0.3 is 0 Å². The minimum atomic E-state index is -3.87. The van der Waals surface area contributed by atoms with Crippen molar-refractivity contribution >= 4 is 21.6 Å². The predicted molar refractivity (Wildman–Crippen MR) is 126 cm³/mol. The van der Waals surface area contributed by atoms with Crippen LogP contribution in [-0.4, -0.2) is 46.0 Å². The highest BCUT2D eigenvalue weighted by Gasteiger charge is 2.18. The number of anilines is 1. The third-order valence-corrected chi connectivity index (χ3v) is 6.49. The fourth-order valence-corrected chi connectivity index (χ4v) is 4.38. The van der Waals surface area contributed by atoms with Crippen molar-refractivity contribution < 1.29 is 22.3 Å². The van der Waals surface area contributed by atoms with E-state index in [1.54, 1.807) is 12.0 Å². The maximum atomic E-state index is 13.0. The van der Waals surface area contributed by atoms with Gasteiger partial charge in [-0.1, -0.05) is 30.3 Å². The van der Waals surface area contributed by atoms with Crippen LogP contribution in [0.4, 0.5) is 10.1 Å². The van der Waals surface area contributed by atoms with Crippen LogP contribution in [0, 0.1) is 5.82 Å². The number of nitrogens with zero attached hydrogens (tertiary/aromatic N) is 1. The molecule has 0 aliphatic heterocycles. The summed E-state index contributed by atoms with van der Waals surface area (Å²) in [6.07, 6.45) is 1.65. The number of amides is 1. The first kappa shape index (κ1) is 24.4. The summed E-state index contributed by atoms with van der Waals surface area (Å²) in [4.78, 5) is 14.8. The van der Waals surface area contributed by atoms with Gasteiger partial charge in [0.1, 0.15) is 5.82 Å². The molecule has 0 bridgehead atoms. The SMILES string of the molecule is COCCN(CCCc1ccccc1)C(=O)c1ccc(S(=O)(=O)Nc2ccc(F)cc2)cc1. The van der Waals surface area contributed by atoms with Crippen molar-refractivity contribution in [2.75, 3.05) is 31.5 Å². The van der Waals surface area contributed by atoms with E-state index in [1.807, 2.05) is 18.2 Å². The van der Waals surface area contributed by atoms with E-state index in [0.29, 0.717) is 25.3 Å². The predicted octanol–water partition coefficient (Wildman–Crippen LogP) is 4.35. The lowest BCUT2D eigenvalue weighted by Gasteiger charge is -2.22. The molecule has 1 N–H and O–H groups in total. The van der Waals surface area contributed by atoms with Crippen LogP contribution >= 0.6 is 0 Å². The number of hydrogen-bond donors (Lipinski definition) is 1. The standard InChI is InChI=1S/C25H27FN2O4S/c1-32-19-18-28(17-5-8-20-6-3-2-4-7-20)25(29)21-9-15-24(16-10-21)33(30,31)27-23-13-11-22(26)12-14-23/h2-4,6-7,9-16,27H,5,8,17-19H2,1H3. The lowest BCUT2D eigenvalue weighted by atomic mass is 10.1. The number of carbonyl (C=O) groups excluding carboxylic acids is 1. The Morgan fingerprint density at radius 3 is 2.24 bits per heavy atom. The Morgan fingerprint density at radius 1 is 0.939 bits per heavy atom. The summed E-state index contributed by atoms with van der Waals surface area (Å²) in [5, 5.41) is 0. The quantitative estimate of drug-likeness (QED) is 0.452. The van der Waals surface area contributed by atoms with E-state index in [9.17, 15) is 17.6 Å². The van der Waals surface area contributed by atoms with Crippen molar-refractivity contribution in [3.05, 3.63) is 95.8 Å². The van der Waals surface area contributed by atoms with Gasteiger partial charge in [-0.15, -0.1) is 0 Å². The van der Waals surface area contributed by atoms with Gasteiger partial charge in [0.15, 0.2) is 0 Å². The lowest BCUT2D eigenvalue weighted by Crippen LogP contribution is -2.35. The van der Waals surface area contributed by atoms with Crippen LogP contribution in [-0.2, 0) is 21.2 Å². The molecular formula is C25H27FN2O4S. The van der Waals surface area contributed by atoms with Crippen molar-refractivity contribution in [1.82, 2.24) is 4.90 Å². The molecule has 0 fully saturated rings. The number of hydrogen-bond acceptors (Lipinski definition) is 4. The number of methoxy groups -OCH3 is 1. The summed E-state index contributed by atoms with van der Waals surface area (Å²) in [5.41, 5.74) is 1.85. The first-order chi connectivity index (χ1) is 15.9. The van der Waals surface area contributed by atoms with E-state index in [2.05, 4.69) is 16.9 Å². The molecule has 0 aromatic heterocycles. The Kier molecular flexibility index (Phi) is 8.57. The molecule has 1 amide bonds. The number of nitrogens with one attached hydrogen (secondary N) is 1. The third kappa shape index (κ3) is 7.13. The number of ether oxygens (including phenoxy) is 1. The lowest BCUT2D eigenvalue weighted by molar-refractivity contribution is 0.0693. The van der Waals surface area contributed by atoms with Gasteiger partial charge in [0.25, 0.3) is 15.9 Å². The summed E-state index contributed by atoms with van der Waals surface area (Å²) in [6.45, 7) is 1.41. The van der Waals surface area contributed by atoms with Crippen LogP contribution in [0.2, 0.25) is 0 Å². The maximum Gasteiger partial charge on any atom is 0.261 e. The van der Waals surface area contributed by atoms with Crippen LogP contribution in [0.15, 0.2) is 83.8 Å². The van der Waals surface area contributed by atoms with E-state index >= 15 is 0 Å². The average Bonchev–Trinajstić information content (AvgIpc) is 2.83. The van der Waals surface area contributed by atoms with Gasteiger partial charge in [0.05, 0.1) is 11.5 Å². The molecule has 0 spiro atoms. The summed E-state index contributed by atoms with van der Waals surface area (Å²) in [6, 6.07) is 20.9.